The van der Waals surface area contributed by atoms with E-state index < -0.39 is 5.60 Å². The molecule has 7 atom stereocenters. The highest BCUT2D eigenvalue weighted by Gasteiger charge is 2.63. The number of hydrogen-bond donors (Lipinski definition) is 2. The largest absolute Gasteiger partial charge is 0.515 e. The maximum absolute atomic E-state index is 12.2. The van der Waals surface area contributed by atoms with Gasteiger partial charge in [0.1, 0.15) is 0 Å². The molecule has 0 aromatic heterocycles. The fraction of sp³-hybridized carbons (Fsp3) is 0.857. The molecule has 24 heavy (non-hydrogen) atoms. The molecule has 7 unspecified atom stereocenters. The number of aliphatic hydroxyl groups excluding tert-OH is 1. The maximum Gasteiger partial charge on any atom is 0.162 e. The molecule has 4 rings (SSSR count). The van der Waals surface area contributed by atoms with E-state index in [2.05, 4.69) is 13.8 Å². The van der Waals surface area contributed by atoms with Gasteiger partial charge in [0.2, 0.25) is 0 Å². The molecule has 0 radical (unpaired) electrons. The van der Waals surface area contributed by atoms with E-state index in [0.717, 1.165) is 44.8 Å². The number of carbonyl (C=O) groups excluding carboxylic acids is 1. The van der Waals surface area contributed by atoms with Crippen LogP contribution in [-0.4, -0.2) is 21.6 Å². The van der Waals surface area contributed by atoms with E-state index in [1.807, 2.05) is 6.92 Å². The Kier molecular flexibility index (Phi) is 3.53. The molecule has 2 N–H and O–H groups in total. The van der Waals surface area contributed by atoms with Crippen LogP contribution in [0.4, 0.5) is 0 Å². The summed E-state index contributed by atoms with van der Waals surface area (Å²) < 4.78 is 0. The zero-order chi connectivity index (χ0) is 17.3. The number of allylic oxidation sites excluding steroid dienone is 1. The molecule has 0 saturated heterocycles. The topological polar surface area (TPSA) is 57.5 Å². The first-order valence-corrected chi connectivity index (χ1v) is 9.82. The average molecular weight is 332 g/mol. The highest BCUT2D eigenvalue weighted by molar-refractivity contribution is 5.96. The number of rotatable bonds is 0. The van der Waals surface area contributed by atoms with Crippen molar-refractivity contribution in [2.45, 2.75) is 77.7 Å². The summed E-state index contributed by atoms with van der Waals surface area (Å²) in [6.45, 7) is 6.74. The number of ketones is 1. The van der Waals surface area contributed by atoms with Gasteiger partial charge in [-0.1, -0.05) is 13.8 Å². The third-order valence-electron chi connectivity index (χ3n) is 9.14. The van der Waals surface area contributed by atoms with Crippen LogP contribution >= 0.6 is 0 Å². The minimum Gasteiger partial charge on any atom is -0.515 e. The fourth-order valence-electron chi connectivity index (χ4n) is 7.37. The number of carbonyl (C=O) groups is 1. The van der Waals surface area contributed by atoms with Gasteiger partial charge >= 0.3 is 0 Å². The number of hydrogen-bond acceptors (Lipinski definition) is 3. The van der Waals surface area contributed by atoms with Gasteiger partial charge < -0.3 is 10.2 Å². The Morgan fingerprint density at radius 3 is 2.46 bits per heavy atom. The van der Waals surface area contributed by atoms with Gasteiger partial charge in [-0.2, -0.15) is 0 Å². The third-order valence-corrected chi connectivity index (χ3v) is 9.14. The second-order valence-electron chi connectivity index (χ2n) is 9.88. The van der Waals surface area contributed by atoms with Gasteiger partial charge in [-0.15, -0.1) is 0 Å². The van der Waals surface area contributed by atoms with Gasteiger partial charge in [-0.3, -0.25) is 4.79 Å². The summed E-state index contributed by atoms with van der Waals surface area (Å²) in [4.78, 5) is 12.2. The zero-order valence-electron chi connectivity index (χ0n) is 15.3. The Morgan fingerprint density at radius 2 is 1.75 bits per heavy atom. The Balaban J connectivity index is 1.67. The Hall–Kier alpha value is -0.830. The third kappa shape index (κ3) is 1.97. The van der Waals surface area contributed by atoms with Crippen LogP contribution in [0, 0.1) is 34.5 Å². The number of fused-ring (bicyclic) bond motifs is 5. The first-order valence-electron chi connectivity index (χ1n) is 9.82. The lowest BCUT2D eigenvalue weighted by molar-refractivity contribution is -0.147. The summed E-state index contributed by atoms with van der Waals surface area (Å²) in [5.74, 6) is 2.55. The number of aliphatic hydroxyl groups is 2. The van der Waals surface area contributed by atoms with Crippen molar-refractivity contribution in [3.63, 3.8) is 0 Å². The van der Waals surface area contributed by atoms with Crippen LogP contribution in [0.15, 0.2) is 11.8 Å². The molecule has 4 saturated carbocycles. The van der Waals surface area contributed by atoms with Crippen LogP contribution in [-0.2, 0) is 4.79 Å². The average Bonchev–Trinajstić information content (AvgIpc) is 2.77. The lowest BCUT2D eigenvalue weighted by atomic mass is 9.44. The van der Waals surface area contributed by atoms with Gasteiger partial charge in [0, 0.05) is 12.0 Å². The normalized spacial score (nSPS) is 55.8. The van der Waals surface area contributed by atoms with Crippen LogP contribution in [0.5, 0.6) is 0 Å². The van der Waals surface area contributed by atoms with Crippen molar-refractivity contribution >= 4 is 5.78 Å². The van der Waals surface area contributed by atoms with E-state index in [4.69, 9.17) is 0 Å². The van der Waals surface area contributed by atoms with Gasteiger partial charge in [0.15, 0.2) is 5.78 Å². The fourth-order valence-corrected chi connectivity index (χ4v) is 7.37. The molecular formula is C21H32O3. The Labute approximate surface area is 145 Å². The molecule has 0 heterocycles. The quantitative estimate of drug-likeness (QED) is 0.510. The summed E-state index contributed by atoms with van der Waals surface area (Å²) in [6, 6.07) is 0. The van der Waals surface area contributed by atoms with Crippen molar-refractivity contribution in [3.05, 3.63) is 11.8 Å². The molecule has 0 aliphatic heterocycles. The predicted molar refractivity (Wildman–Crippen MR) is 93.5 cm³/mol. The van der Waals surface area contributed by atoms with E-state index in [1.165, 1.54) is 6.42 Å². The lowest BCUT2D eigenvalue weighted by Crippen LogP contribution is -2.56. The molecule has 0 bridgehead atoms. The summed E-state index contributed by atoms with van der Waals surface area (Å²) >= 11 is 0. The molecule has 0 amide bonds. The molecule has 0 aromatic carbocycles. The van der Waals surface area contributed by atoms with Gasteiger partial charge in [-0.05, 0) is 86.4 Å². The zero-order valence-corrected chi connectivity index (χ0v) is 15.3. The van der Waals surface area contributed by atoms with E-state index in [0.29, 0.717) is 35.7 Å². The molecule has 4 aliphatic rings. The van der Waals surface area contributed by atoms with Crippen molar-refractivity contribution in [2.75, 3.05) is 0 Å². The summed E-state index contributed by atoms with van der Waals surface area (Å²) in [6.07, 6.45) is 9.11. The van der Waals surface area contributed by atoms with Crippen LogP contribution < -0.4 is 0 Å². The molecular weight excluding hydrogens is 300 g/mol. The minimum atomic E-state index is -0.529. The maximum atomic E-state index is 12.2. The van der Waals surface area contributed by atoms with Crippen molar-refractivity contribution < 1.29 is 15.0 Å². The summed E-state index contributed by atoms with van der Waals surface area (Å²) in [7, 11) is 0. The molecule has 3 nitrogen and oxygen atoms in total. The van der Waals surface area contributed by atoms with Crippen molar-refractivity contribution in [2.24, 2.45) is 34.5 Å². The van der Waals surface area contributed by atoms with Gasteiger partial charge in [-0.25, -0.2) is 0 Å². The van der Waals surface area contributed by atoms with E-state index in [-0.39, 0.29) is 16.6 Å². The number of Topliss-reactive ketones (excluding diaryl/α,β-unsaturated/α-hetero) is 1. The van der Waals surface area contributed by atoms with Gasteiger partial charge in [0.25, 0.3) is 0 Å². The summed E-state index contributed by atoms with van der Waals surface area (Å²) in [5.41, 5.74) is 0.304. The van der Waals surface area contributed by atoms with Crippen molar-refractivity contribution in [1.29, 1.82) is 0 Å². The highest BCUT2D eigenvalue weighted by Crippen LogP contribution is 2.68. The first kappa shape index (κ1) is 16.6. The monoisotopic (exact) mass is 332 g/mol. The van der Waals surface area contributed by atoms with Crippen LogP contribution in [0.25, 0.3) is 0 Å². The molecule has 0 aromatic rings. The minimum absolute atomic E-state index is 0.0531. The lowest BCUT2D eigenvalue weighted by Gasteiger charge is -2.61. The van der Waals surface area contributed by atoms with Crippen LogP contribution in [0.3, 0.4) is 0 Å². The molecule has 3 heteroatoms. The SMILES string of the molecule is CC12C/C(=C\O)C(=O)CC1CCC1C2CCC2(C)C1CCC2(C)O. The van der Waals surface area contributed by atoms with E-state index in [9.17, 15) is 15.0 Å². The second-order valence-corrected chi connectivity index (χ2v) is 9.88. The first-order chi connectivity index (χ1) is 11.2. The van der Waals surface area contributed by atoms with E-state index >= 15 is 0 Å². The standard InChI is InChI=1S/C21H32O3/c1-19-11-13(12-22)18(23)10-14(19)4-5-15-16(19)6-8-20(2)17(15)7-9-21(20,3)24/h12,14-17,22,24H,4-11H2,1-3H3/b13-12+. The smallest absolute Gasteiger partial charge is 0.162 e. The van der Waals surface area contributed by atoms with E-state index in [1.54, 1.807) is 0 Å². The Morgan fingerprint density at radius 1 is 1.04 bits per heavy atom. The molecule has 4 aliphatic carbocycles. The highest BCUT2D eigenvalue weighted by atomic mass is 16.3. The van der Waals surface area contributed by atoms with Gasteiger partial charge in [0.05, 0.1) is 11.9 Å². The van der Waals surface area contributed by atoms with Crippen LogP contribution in [0.2, 0.25) is 0 Å². The Bertz CT molecular complexity index is 592. The predicted octanol–water partition coefficient (Wildman–Crippen LogP) is 4.40. The van der Waals surface area contributed by atoms with Crippen molar-refractivity contribution in [1.82, 2.24) is 0 Å². The molecule has 4 fully saturated rings. The van der Waals surface area contributed by atoms with Crippen molar-refractivity contribution in [3.8, 4) is 0 Å². The summed E-state index contributed by atoms with van der Waals surface area (Å²) in [5, 5.41) is 20.5. The van der Waals surface area contributed by atoms with Crippen LogP contribution in [0.1, 0.15) is 72.1 Å². The molecule has 0 spiro atoms. The second kappa shape index (κ2) is 5.09. The molecule has 134 valence electrons.